The number of carboxylic acid groups (broad SMARTS) is 1. The maximum absolute atomic E-state index is 12.1. The van der Waals surface area contributed by atoms with E-state index in [0.717, 1.165) is 5.56 Å². The van der Waals surface area contributed by atoms with Crippen LogP contribution in [0.25, 0.3) is 0 Å². The molecule has 17 heavy (non-hydrogen) atoms. The SMILES string of the molecule is Cc1cccc(C(=O)N2CSC[C@H]2C(=O)[O-])c1. The number of carboxylic acids is 1. The van der Waals surface area contributed by atoms with Crippen LogP contribution < -0.4 is 5.11 Å². The number of nitrogens with zero attached hydrogens (tertiary/aromatic N) is 1. The molecule has 0 bridgehead atoms. The minimum absolute atomic E-state index is 0.243. The highest BCUT2D eigenvalue weighted by atomic mass is 32.2. The quantitative estimate of drug-likeness (QED) is 0.755. The topological polar surface area (TPSA) is 60.4 Å². The Kier molecular flexibility index (Phi) is 3.38. The lowest BCUT2D eigenvalue weighted by Gasteiger charge is -2.24. The first kappa shape index (κ1) is 12.0. The molecule has 1 amide bonds. The molecule has 0 unspecified atom stereocenters. The second kappa shape index (κ2) is 4.79. The molecule has 0 N–H and O–H groups in total. The maximum atomic E-state index is 12.1. The van der Waals surface area contributed by atoms with Gasteiger partial charge in [-0.15, -0.1) is 11.8 Å². The summed E-state index contributed by atoms with van der Waals surface area (Å²) in [4.78, 5) is 24.4. The number of hydrogen-bond acceptors (Lipinski definition) is 4. The normalized spacial score (nSPS) is 19.4. The average molecular weight is 250 g/mol. The van der Waals surface area contributed by atoms with Crippen molar-refractivity contribution in [3.05, 3.63) is 35.4 Å². The van der Waals surface area contributed by atoms with Gasteiger partial charge in [-0.2, -0.15) is 0 Å². The molecule has 1 saturated heterocycles. The summed E-state index contributed by atoms with van der Waals surface area (Å²) in [6, 6.07) is 6.33. The standard InChI is InChI=1S/C12H13NO3S/c1-8-3-2-4-9(5-8)11(14)13-7-17-6-10(13)12(15)16/h2-5,10H,6-7H2,1H3,(H,15,16)/p-1/t10-/m0/s1. The van der Waals surface area contributed by atoms with Crippen molar-refractivity contribution in [1.82, 2.24) is 4.90 Å². The van der Waals surface area contributed by atoms with Crippen molar-refractivity contribution >= 4 is 23.6 Å². The van der Waals surface area contributed by atoms with Gasteiger partial charge in [0.1, 0.15) is 0 Å². The molecule has 1 atom stereocenters. The first-order chi connectivity index (χ1) is 8.09. The molecule has 1 heterocycles. The minimum atomic E-state index is -1.18. The molecule has 1 aliphatic heterocycles. The number of carbonyl (C=O) groups excluding carboxylic acids is 2. The third-order valence-electron chi connectivity index (χ3n) is 2.68. The molecular formula is C12H12NO3S-. The van der Waals surface area contributed by atoms with Crippen molar-refractivity contribution in [2.45, 2.75) is 13.0 Å². The zero-order valence-corrected chi connectivity index (χ0v) is 10.2. The van der Waals surface area contributed by atoms with Crippen LogP contribution in [0.4, 0.5) is 0 Å². The van der Waals surface area contributed by atoms with Crippen molar-refractivity contribution < 1.29 is 14.7 Å². The predicted molar refractivity (Wildman–Crippen MR) is 63.5 cm³/mol. The number of aliphatic carboxylic acids is 1. The molecule has 1 aromatic carbocycles. The summed E-state index contributed by atoms with van der Waals surface area (Å²) in [5, 5.41) is 10.9. The van der Waals surface area contributed by atoms with Gasteiger partial charge < -0.3 is 14.8 Å². The van der Waals surface area contributed by atoms with E-state index in [1.807, 2.05) is 13.0 Å². The van der Waals surface area contributed by atoms with Gasteiger partial charge in [-0.25, -0.2) is 0 Å². The van der Waals surface area contributed by atoms with Crippen LogP contribution in [0.15, 0.2) is 24.3 Å². The van der Waals surface area contributed by atoms with Gasteiger partial charge >= 0.3 is 0 Å². The van der Waals surface area contributed by atoms with Crippen LogP contribution >= 0.6 is 11.8 Å². The third kappa shape index (κ3) is 2.44. The maximum Gasteiger partial charge on any atom is 0.255 e. The fraction of sp³-hybridized carbons (Fsp3) is 0.333. The summed E-state index contributed by atoms with van der Waals surface area (Å²) in [5.41, 5.74) is 1.51. The van der Waals surface area contributed by atoms with Crippen LogP contribution in [-0.2, 0) is 4.79 Å². The number of rotatable bonds is 2. The monoisotopic (exact) mass is 250 g/mol. The Morgan fingerprint density at radius 3 is 2.88 bits per heavy atom. The van der Waals surface area contributed by atoms with Crippen LogP contribution in [0.1, 0.15) is 15.9 Å². The van der Waals surface area contributed by atoms with E-state index in [4.69, 9.17) is 0 Å². The number of aryl methyl sites for hydroxylation is 1. The molecule has 1 aliphatic rings. The van der Waals surface area contributed by atoms with Crippen molar-refractivity contribution in [3.63, 3.8) is 0 Å². The summed E-state index contributed by atoms with van der Waals surface area (Å²) in [5.74, 6) is -0.616. The average Bonchev–Trinajstić information content (AvgIpc) is 2.77. The molecule has 0 aliphatic carbocycles. The molecule has 1 aromatic rings. The van der Waals surface area contributed by atoms with Gasteiger partial charge in [0.05, 0.1) is 17.9 Å². The molecule has 0 aromatic heterocycles. The number of amides is 1. The smallest absolute Gasteiger partial charge is 0.255 e. The van der Waals surface area contributed by atoms with E-state index in [0.29, 0.717) is 17.2 Å². The summed E-state index contributed by atoms with van der Waals surface area (Å²) in [6.07, 6.45) is 0. The highest BCUT2D eigenvalue weighted by Crippen LogP contribution is 2.23. The fourth-order valence-corrected chi connectivity index (χ4v) is 2.92. The predicted octanol–water partition coefficient (Wildman–Crippen LogP) is 0.260. The van der Waals surface area contributed by atoms with Crippen LogP contribution in [0.3, 0.4) is 0 Å². The van der Waals surface area contributed by atoms with E-state index in [2.05, 4.69) is 0 Å². The van der Waals surface area contributed by atoms with Crippen LogP contribution in [0, 0.1) is 6.92 Å². The summed E-state index contributed by atoms with van der Waals surface area (Å²) < 4.78 is 0. The van der Waals surface area contributed by atoms with E-state index >= 15 is 0 Å². The van der Waals surface area contributed by atoms with Crippen molar-refractivity contribution in [2.24, 2.45) is 0 Å². The molecule has 4 nitrogen and oxygen atoms in total. The lowest BCUT2D eigenvalue weighted by Crippen LogP contribution is -2.48. The molecule has 0 saturated carbocycles. The Balaban J connectivity index is 2.23. The minimum Gasteiger partial charge on any atom is -0.548 e. The van der Waals surface area contributed by atoms with Gasteiger partial charge in [-0.05, 0) is 19.1 Å². The zero-order valence-electron chi connectivity index (χ0n) is 9.38. The van der Waals surface area contributed by atoms with E-state index in [9.17, 15) is 14.7 Å². The largest absolute Gasteiger partial charge is 0.548 e. The Labute approximate surface area is 104 Å². The van der Waals surface area contributed by atoms with Gasteiger partial charge in [0.25, 0.3) is 5.91 Å². The summed E-state index contributed by atoms with van der Waals surface area (Å²) in [7, 11) is 0. The Hall–Kier alpha value is -1.49. The fourth-order valence-electron chi connectivity index (χ4n) is 1.78. The first-order valence-electron chi connectivity index (χ1n) is 5.26. The summed E-state index contributed by atoms with van der Waals surface area (Å²) >= 11 is 1.43. The van der Waals surface area contributed by atoms with E-state index in [1.165, 1.54) is 16.7 Å². The van der Waals surface area contributed by atoms with Gasteiger partial charge in [0, 0.05) is 11.3 Å². The van der Waals surface area contributed by atoms with E-state index < -0.39 is 12.0 Å². The van der Waals surface area contributed by atoms with Crippen molar-refractivity contribution in [3.8, 4) is 0 Å². The van der Waals surface area contributed by atoms with Gasteiger partial charge in [0.15, 0.2) is 0 Å². The molecule has 5 heteroatoms. The highest BCUT2D eigenvalue weighted by Gasteiger charge is 2.30. The molecule has 2 rings (SSSR count). The molecular weight excluding hydrogens is 238 g/mol. The third-order valence-corrected chi connectivity index (χ3v) is 3.69. The number of hydrogen-bond donors (Lipinski definition) is 0. The van der Waals surface area contributed by atoms with Crippen molar-refractivity contribution in [1.29, 1.82) is 0 Å². The number of carbonyl (C=O) groups is 2. The van der Waals surface area contributed by atoms with Gasteiger partial charge in [0.2, 0.25) is 0 Å². The van der Waals surface area contributed by atoms with Gasteiger partial charge in [-0.3, -0.25) is 4.79 Å². The molecule has 90 valence electrons. The van der Waals surface area contributed by atoms with Crippen LogP contribution in [0.5, 0.6) is 0 Å². The second-order valence-corrected chi connectivity index (χ2v) is 4.98. The summed E-state index contributed by atoms with van der Waals surface area (Å²) in [6.45, 7) is 1.89. The lowest BCUT2D eigenvalue weighted by atomic mass is 10.1. The molecule has 1 fully saturated rings. The van der Waals surface area contributed by atoms with Gasteiger partial charge in [-0.1, -0.05) is 17.7 Å². The van der Waals surface area contributed by atoms with E-state index in [1.54, 1.807) is 18.2 Å². The van der Waals surface area contributed by atoms with E-state index in [-0.39, 0.29) is 5.91 Å². The number of benzene rings is 1. The van der Waals surface area contributed by atoms with Crippen LogP contribution in [-0.4, -0.2) is 34.4 Å². The Morgan fingerprint density at radius 1 is 1.47 bits per heavy atom. The molecule has 0 spiro atoms. The van der Waals surface area contributed by atoms with Crippen LogP contribution in [0.2, 0.25) is 0 Å². The number of thioether (sulfide) groups is 1. The lowest BCUT2D eigenvalue weighted by molar-refractivity contribution is -0.309. The highest BCUT2D eigenvalue weighted by molar-refractivity contribution is 7.99. The van der Waals surface area contributed by atoms with Crippen molar-refractivity contribution in [2.75, 3.05) is 11.6 Å². The first-order valence-corrected chi connectivity index (χ1v) is 6.41. The zero-order chi connectivity index (χ0) is 12.4. The molecule has 0 radical (unpaired) electrons. The Morgan fingerprint density at radius 2 is 2.24 bits per heavy atom. The second-order valence-electron chi connectivity index (χ2n) is 3.98. The Bertz CT molecular complexity index is 461.